The number of carbonyl (C=O) groups is 2. The van der Waals surface area contributed by atoms with Crippen LogP contribution in [0.15, 0.2) is 6.20 Å². The molecule has 0 N–H and O–H groups in total. The number of methoxy groups -OCH3 is 1. The average molecular weight is 326 g/mol. The Balaban J connectivity index is 1.87. The topological polar surface area (TPSA) is 68.7 Å². The number of hydrogen-bond donors (Lipinski definition) is 0. The third-order valence-electron chi connectivity index (χ3n) is 3.34. The molecule has 7 heteroatoms. The smallest absolute Gasteiger partial charge is 0.410 e. The van der Waals surface area contributed by atoms with Crippen molar-refractivity contribution in [3.05, 3.63) is 16.1 Å². The highest BCUT2D eigenvalue weighted by atomic mass is 32.1. The van der Waals surface area contributed by atoms with E-state index in [1.165, 1.54) is 18.4 Å². The molecule has 1 fully saturated rings. The van der Waals surface area contributed by atoms with Crippen molar-refractivity contribution >= 4 is 23.4 Å². The lowest BCUT2D eigenvalue weighted by Gasteiger charge is -2.24. The van der Waals surface area contributed by atoms with Crippen molar-refractivity contribution in [1.29, 1.82) is 0 Å². The molecule has 1 atom stereocenters. The molecule has 6 nitrogen and oxygen atoms in total. The van der Waals surface area contributed by atoms with E-state index < -0.39 is 5.60 Å². The number of thiazole rings is 1. The molecule has 0 aliphatic carbocycles. The first kappa shape index (κ1) is 16.7. The van der Waals surface area contributed by atoms with Crippen LogP contribution in [0.25, 0.3) is 0 Å². The van der Waals surface area contributed by atoms with E-state index in [1.54, 1.807) is 11.1 Å². The van der Waals surface area contributed by atoms with Gasteiger partial charge >= 0.3 is 12.1 Å². The number of hydrogen-bond acceptors (Lipinski definition) is 6. The first-order chi connectivity index (χ1) is 10.3. The molecule has 0 bridgehead atoms. The molecule has 0 unspecified atom stereocenters. The van der Waals surface area contributed by atoms with Crippen LogP contribution < -0.4 is 0 Å². The molecule has 2 rings (SSSR count). The summed E-state index contributed by atoms with van der Waals surface area (Å²) in [5.41, 5.74) is -0.472. The molecule has 0 saturated carbocycles. The van der Waals surface area contributed by atoms with Gasteiger partial charge in [0.15, 0.2) is 0 Å². The zero-order valence-corrected chi connectivity index (χ0v) is 14.2. The number of likely N-dealkylation sites (tertiary alicyclic amines) is 1. The predicted molar refractivity (Wildman–Crippen MR) is 83.1 cm³/mol. The summed E-state index contributed by atoms with van der Waals surface area (Å²) in [6.07, 6.45) is 2.98. The Morgan fingerprint density at radius 1 is 1.45 bits per heavy atom. The largest absolute Gasteiger partial charge is 0.465 e. The van der Waals surface area contributed by atoms with E-state index in [4.69, 9.17) is 4.74 Å². The predicted octanol–water partition coefficient (Wildman–Crippen LogP) is 2.73. The standard InChI is InChI=1S/C15H22N2O4S/c1-15(2,3)21-14(19)17-6-5-10(9-17)7-12-16-8-11(22-12)13(18)20-4/h8,10H,5-7,9H2,1-4H3/t10-/m1/s1. The fraction of sp³-hybridized carbons (Fsp3) is 0.667. The van der Waals surface area contributed by atoms with Crippen LogP contribution in [-0.4, -0.2) is 47.7 Å². The molecular formula is C15H22N2O4S. The number of esters is 1. The summed E-state index contributed by atoms with van der Waals surface area (Å²) in [6.45, 7) is 6.96. The van der Waals surface area contributed by atoms with Gasteiger partial charge in [0.25, 0.3) is 0 Å². The van der Waals surface area contributed by atoms with Gasteiger partial charge in [-0.15, -0.1) is 11.3 Å². The van der Waals surface area contributed by atoms with Crippen molar-refractivity contribution < 1.29 is 19.1 Å². The van der Waals surface area contributed by atoms with Gasteiger partial charge in [0.1, 0.15) is 10.5 Å². The molecule has 1 aromatic rings. The minimum absolute atomic E-state index is 0.260. The van der Waals surface area contributed by atoms with Crippen molar-refractivity contribution in [2.75, 3.05) is 20.2 Å². The molecule has 122 valence electrons. The maximum absolute atomic E-state index is 12.0. The van der Waals surface area contributed by atoms with Crippen LogP contribution in [0.5, 0.6) is 0 Å². The molecule has 1 saturated heterocycles. The van der Waals surface area contributed by atoms with Crippen LogP contribution in [-0.2, 0) is 15.9 Å². The molecule has 0 spiro atoms. The van der Waals surface area contributed by atoms with Crippen molar-refractivity contribution in [1.82, 2.24) is 9.88 Å². The number of ether oxygens (including phenoxy) is 2. The molecule has 0 radical (unpaired) electrons. The molecule has 22 heavy (non-hydrogen) atoms. The zero-order valence-electron chi connectivity index (χ0n) is 13.4. The number of aromatic nitrogens is 1. The summed E-state index contributed by atoms with van der Waals surface area (Å²) < 4.78 is 10.1. The molecule has 1 aliphatic rings. The summed E-state index contributed by atoms with van der Waals surface area (Å²) in [5, 5.41) is 0.899. The number of amides is 1. The second-order valence-electron chi connectivity index (χ2n) is 6.40. The van der Waals surface area contributed by atoms with E-state index in [9.17, 15) is 9.59 Å². The molecule has 1 amide bonds. The van der Waals surface area contributed by atoms with Gasteiger partial charge in [-0.2, -0.15) is 0 Å². The molecule has 1 aromatic heterocycles. The van der Waals surface area contributed by atoms with Crippen LogP contribution in [0.1, 0.15) is 41.9 Å². The molecular weight excluding hydrogens is 304 g/mol. The van der Waals surface area contributed by atoms with E-state index in [2.05, 4.69) is 9.72 Å². The first-order valence-electron chi connectivity index (χ1n) is 7.29. The summed E-state index contributed by atoms with van der Waals surface area (Å²) in [7, 11) is 1.36. The molecule has 1 aliphatic heterocycles. The highest BCUT2D eigenvalue weighted by Gasteiger charge is 2.30. The lowest BCUT2D eigenvalue weighted by Crippen LogP contribution is -2.35. The summed E-state index contributed by atoms with van der Waals surface area (Å²) >= 11 is 1.35. The maximum atomic E-state index is 12.0. The summed E-state index contributed by atoms with van der Waals surface area (Å²) in [6, 6.07) is 0. The molecule has 2 heterocycles. The van der Waals surface area contributed by atoms with E-state index in [1.807, 2.05) is 20.8 Å². The Morgan fingerprint density at radius 3 is 2.82 bits per heavy atom. The van der Waals surface area contributed by atoms with E-state index >= 15 is 0 Å². The lowest BCUT2D eigenvalue weighted by atomic mass is 10.1. The zero-order chi connectivity index (χ0) is 16.3. The van der Waals surface area contributed by atoms with Gasteiger partial charge in [-0.25, -0.2) is 14.6 Å². The first-order valence-corrected chi connectivity index (χ1v) is 8.11. The molecule has 0 aromatic carbocycles. The Bertz CT molecular complexity index is 550. The van der Waals surface area contributed by atoms with E-state index in [-0.39, 0.29) is 12.1 Å². The highest BCUT2D eigenvalue weighted by molar-refractivity contribution is 7.13. The SMILES string of the molecule is COC(=O)c1cnc(C[C@H]2CCN(C(=O)OC(C)(C)C)C2)s1. The van der Waals surface area contributed by atoms with Gasteiger partial charge < -0.3 is 14.4 Å². The number of nitrogens with zero attached hydrogens (tertiary/aromatic N) is 2. The monoisotopic (exact) mass is 326 g/mol. The van der Waals surface area contributed by atoms with Gasteiger partial charge in [-0.1, -0.05) is 0 Å². The number of rotatable bonds is 3. The maximum Gasteiger partial charge on any atom is 0.410 e. The van der Waals surface area contributed by atoms with Crippen molar-refractivity contribution in [3.63, 3.8) is 0 Å². The van der Waals surface area contributed by atoms with Gasteiger partial charge in [0.05, 0.1) is 18.3 Å². The van der Waals surface area contributed by atoms with Crippen molar-refractivity contribution in [2.24, 2.45) is 5.92 Å². The third-order valence-corrected chi connectivity index (χ3v) is 4.34. The fourth-order valence-electron chi connectivity index (χ4n) is 2.34. The summed E-state index contributed by atoms with van der Waals surface area (Å²) in [4.78, 5) is 30.0. The van der Waals surface area contributed by atoms with Gasteiger partial charge in [-0.05, 0) is 33.1 Å². The average Bonchev–Trinajstić information content (AvgIpc) is 3.06. The second-order valence-corrected chi connectivity index (χ2v) is 7.51. The second kappa shape index (κ2) is 6.64. The van der Waals surface area contributed by atoms with Crippen LogP contribution in [0, 0.1) is 5.92 Å². The van der Waals surface area contributed by atoms with Gasteiger partial charge in [0.2, 0.25) is 0 Å². The Labute approximate surface area is 134 Å². The Kier molecular flexibility index (Phi) is 5.05. The third kappa shape index (κ3) is 4.43. The fourth-order valence-corrected chi connectivity index (χ4v) is 3.29. The highest BCUT2D eigenvalue weighted by Crippen LogP contribution is 2.25. The van der Waals surface area contributed by atoms with Crippen LogP contribution >= 0.6 is 11.3 Å². The van der Waals surface area contributed by atoms with Crippen LogP contribution in [0.2, 0.25) is 0 Å². The van der Waals surface area contributed by atoms with Gasteiger partial charge in [0, 0.05) is 19.5 Å². The van der Waals surface area contributed by atoms with E-state index in [0.717, 1.165) is 17.8 Å². The van der Waals surface area contributed by atoms with Crippen LogP contribution in [0.4, 0.5) is 4.79 Å². The normalized spacial score (nSPS) is 18.4. The van der Waals surface area contributed by atoms with Crippen molar-refractivity contribution in [3.8, 4) is 0 Å². The van der Waals surface area contributed by atoms with Crippen LogP contribution in [0.3, 0.4) is 0 Å². The lowest BCUT2D eigenvalue weighted by molar-refractivity contribution is 0.0288. The number of carbonyl (C=O) groups excluding carboxylic acids is 2. The summed E-state index contributed by atoms with van der Waals surface area (Å²) in [5.74, 6) is -0.00489. The Morgan fingerprint density at radius 2 is 2.18 bits per heavy atom. The van der Waals surface area contributed by atoms with Crippen molar-refractivity contribution in [2.45, 2.75) is 39.2 Å². The van der Waals surface area contributed by atoms with Gasteiger partial charge in [-0.3, -0.25) is 0 Å². The quantitative estimate of drug-likeness (QED) is 0.799. The van der Waals surface area contributed by atoms with E-state index in [0.29, 0.717) is 23.9 Å². The minimum atomic E-state index is -0.472. The minimum Gasteiger partial charge on any atom is -0.465 e. The Hall–Kier alpha value is -1.63.